The highest BCUT2D eigenvalue weighted by Gasteiger charge is 2.29. The number of nitrogen functional groups attached to an aromatic ring is 1. The van der Waals surface area contributed by atoms with Gasteiger partial charge < -0.3 is 15.2 Å². The van der Waals surface area contributed by atoms with E-state index in [2.05, 4.69) is 13.8 Å². The lowest BCUT2D eigenvalue weighted by Crippen LogP contribution is -2.28. The summed E-state index contributed by atoms with van der Waals surface area (Å²) < 4.78 is 10.7. The monoisotopic (exact) mass is 277 g/mol. The average molecular weight is 277 g/mol. The van der Waals surface area contributed by atoms with Crippen LogP contribution in [0.4, 0.5) is 5.69 Å². The highest BCUT2D eigenvalue weighted by Crippen LogP contribution is 2.36. The Morgan fingerprint density at radius 3 is 2.50 bits per heavy atom. The van der Waals surface area contributed by atoms with Crippen LogP contribution in [-0.4, -0.2) is 19.2 Å². The van der Waals surface area contributed by atoms with E-state index in [4.69, 9.17) is 15.2 Å². The molecular weight excluding hydrogens is 254 g/mol. The van der Waals surface area contributed by atoms with Gasteiger partial charge in [0.05, 0.1) is 12.7 Å². The number of esters is 1. The molecule has 2 rings (SSSR count). The van der Waals surface area contributed by atoms with Crippen molar-refractivity contribution in [1.29, 1.82) is 0 Å². The largest absolute Gasteiger partial charge is 0.497 e. The van der Waals surface area contributed by atoms with Crippen LogP contribution >= 0.6 is 0 Å². The summed E-state index contributed by atoms with van der Waals surface area (Å²) in [6.45, 7) is 4.52. The predicted octanol–water partition coefficient (Wildman–Crippen LogP) is 3.40. The molecule has 0 aromatic heterocycles. The average Bonchev–Trinajstić information content (AvgIpc) is 2.40. The minimum Gasteiger partial charge on any atom is -0.497 e. The molecule has 1 aromatic carbocycles. The molecule has 1 aliphatic rings. The Kier molecular flexibility index (Phi) is 4.21. The molecule has 0 bridgehead atoms. The van der Waals surface area contributed by atoms with E-state index in [-0.39, 0.29) is 12.1 Å². The minimum absolute atomic E-state index is 0.0166. The molecule has 0 heterocycles. The smallest absolute Gasteiger partial charge is 0.338 e. The number of nitrogens with two attached hydrogens (primary N) is 1. The molecule has 0 radical (unpaired) electrons. The molecule has 2 N–H and O–H groups in total. The van der Waals surface area contributed by atoms with Crippen LogP contribution in [0.5, 0.6) is 5.75 Å². The zero-order valence-corrected chi connectivity index (χ0v) is 12.4. The number of ether oxygens (including phenoxy) is 2. The van der Waals surface area contributed by atoms with Crippen molar-refractivity contribution in [2.45, 2.75) is 45.6 Å². The first-order valence-electron chi connectivity index (χ1n) is 7.05. The maximum Gasteiger partial charge on any atom is 0.338 e. The number of carbonyl (C=O) groups is 1. The summed E-state index contributed by atoms with van der Waals surface area (Å²) in [6, 6.07) is 4.96. The van der Waals surface area contributed by atoms with Crippen LogP contribution in [0.15, 0.2) is 18.2 Å². The number of benzene rings is 1. The van der Waals surface area contributed by atoms with E-state index in [1.165, 1.54) is 0 Å². The van der Waals surface area contributed by atoms with Crippen molar-refractivity contribution in [2.75, 3.05) is 12.8 Å². The summed E-state index contributed by atoms with van der Waals surface area (Å²) in [5.74, 6) is 0.252. The number of carbonyl (C=O) groups excluding carboxylic acids is 1. The van der Waals surface area contributed by atoms with Gasteiger partial charge in [0, 0.05) is 11.8 Å². The molecule has 1 aromatic rings. The first kappa shape index (κ1) is 14.7. The van der Waals surface area contributed by atoms with Crippen LogP contribution < -0.4 is 10.5 Å². The summed E-state index contributed by atoms with van der Waals surface area (Å²) in [4.78, 5) is 12.2. The van der Waals surface area contributed by atoms with Gasteiger partial charge in [0.25, 0.3) is 0 Å². The molecular formula is C16H23NO3. The second kappa shape index (κ2) is 5.73. The molecule has 0 amide bonds. The van der Waals surface area contributed by atoms with Gasteiger partial charge in [0.1, 0.15) is 11.9 Å². The fourth-order valence-corrected chi connectivity index (χ4v) is 2.57. The highest BCUT2D eigenvalue weighted by atomic mass is 16.5. The number of anilines is 1. The van der Waals surface area contributed by atoms with Gasteiger partial charge in [-0.05, 0) is 43.2 Å². The van der Waals surface area contributed by atoms with Gasteiger partial charge in [0.2, 0.25) is 0 Å². The lowest BCUT2D eigenvalue weighted by atomic mass is 9.76. The van der Waals surface area contributed by atoms with Crippen molar-refractivity contribution in [3.8, 4) is 5.75 Å². The zero-order chi connectivity index (χ0) is 14.8. The van der Waals surface area contributed by atoms with E-state index in [0.29, 0.717) is 22.4 Å². The maximum absolute atomic E-state index is 12.2. The van der Waals surface area contributed by atoms with Gasteiger partial charge in [-0.2, -0.15) is 0 Å². The molecule has 0 saturated heterocycles. The van der Waals surface area contributed by atoms with E-state index in [0.717, 1.165) is 25.7 Å². The Bertz CT molecular complexity index is 486. The lowest BCUT2D eigenvalue weighted by Gasteiger charge is -2.33. The highest BCUT2D eigenvalue weighted by molar-refractivity contribution is 5.91. The third kappa shape index (κ3) is 3.65. The number of rotatable bonds is 3. The van der Waals surface area contributed by atoms with Crippen molar-refractivity contribution in [3.05, 3.63) is 23.8 Å². The summed E-state index contributed by atoms with van der Waals surface area (Å²) in [7, 11) is 1.55. The Hall–Kier alpha value is -1.71. The quantitative estimate of drug-likeness (QED) is 0.679. The fourth-order valence-electron chi connectivity index (χ4n) is 2.57. The molecule has 1 aliphatic carbocycles. The van der Waals surface area contributed by atoms with Gasteiger partial charge in [-0.3, -0.25) is 0 Å². The van der Waals surface area contributed by atoms with E-state index < -0.39 is 0 Å². The first-order valence-corrected chi connectivity index (χ1v) is 7.05. The van der Waals surface area contributed by atoms with Crippen LogP contribution in [0, 0.1) is 5.41 Å². The first-order chi connectivity index (χ1) is 9.39. The Morgan fingerprint density at radius 1 is 1.25 bits per heavy atom. The second-order valence-corrected chi connectivity index (χ2v) is 6.26. The molecule has 4 nitrogen and oxygen atoms in total. The standard InChI is InChI=1S/C16H23NO3/c1-16(2)6-4-13(5-7-16)20-15(18)11-8-12(17)10-14(9-11)19-3/h8-10,13H,4-7,17H2,1-3H3. The maximum atomic E-state index is 12.2. The van der Waals surface area contributed by atoms with Crippen molar-refractivity contribution in [1.82, 2.24) is 0 Å². The molecule has 0 aliphatic heterocycles. The second-order valence-electron chi connectivity index (χ2n) is 6.26. The van der Waals surface area contributed by atoms with E-state index in [1.807, 2.05) is 0 Å². The number of hydrogen-bond acceptors (Lipinski definition) is 4. The van der Waals surface area contributed by atoms with Gasteiger partial charge in [-0.15, -0.1) is 0 Å². The molecule has 0 unspecified atom stereocenters. The predicted molar refractivity (Wildman–Crippen MR) is 78.9 cm³/mol. The molecule has 4 heteroatoms. The van der Waals surface area contributed by atoms with Crippen LogP contribution in [0.1, 0.15) is 49.9 Å². The van der Waals surface area contributed by atoms with Crippen molar-refractivity contribution < 1.29 is 14.3 Å². The Balaban J connectivity index is 2.00. The molecule has 20 heavy (non-hydrogen) atoms. The molecule has 1 saturated carbocycles. The summed E-state index contributed by atoms with van der Waals surface area (Å²) in [5, 5.41) is 0. The van der Waals surface area contributed by atoms with Crippen molar-refractivity contribution in [2.24, 2.45) is 5.41 Å². The number of methoxy groups -OCH3 is 1. The Morgan fingerprint density at radius 2 is 1.90 bits per heavy atom. The van der Waals surface area contributed by atoms with E-state index in [9.17, 15) is 4.79 Å². The van der Waals surface area contributed by atoms with Gasteiger partial charge >= 0.3 is 5.97 Å². The molecule has 0 spiro atoms. The van der Waals surface area contributed by atoms with Crippen molar-refractivity contribution >= 4 is 11.7 Å². The Labute approximate surface area is 120 Å². The summed E-state index contributed by atoms with van der Waals surface area (Å²) in [5.41, 5.74) is 7.07. The summed E-state index contributed by atoms with van der Waals surface area (Å²) >= 11 is 0. The molecule has 0 atom stereocenters. The van der Waals surface area contributed by atoms with Crippen LogP contribution in [0.25, 0.3) is 0 Å². The third-order valence-electron chi connectivity index (χ3n) is 3.96. The lowest BCUT2D eigenvalue weighted by molar-refractivity contribution is 0.00949. The van der Waals surface area contributed by atoms with Crippen molar-refractivity contribution in [3.63, 3.8) is 0 Å². The number of hydrogen-bond donors (Lipinski definition) is 1. The zero-order valence-electron chi connectivity index (χ0n) is 12.4. The van der Waals surface area contributed by atoms with E-state index in [1.54, 1.807) is 25.3 Å². The van der Waals surface area contributed by atoms with Gasteiger partial charge in [-0.25, -0.2) is 4.79 Å². The third-order valence-corrected chi connectivity index (χ3v) is 3.96. The van der Waals surface area contributed by atoms with Crippen LogP contribution in [0.2, 0.25) is 0 Å². The minimum atomic E-state index is -0.319. The van der Waals surface area contributed by atoms with Crippen LogP contribution in [0.3, 0.4) is 0 Å². The van der Waals surface area contributed by atoms with Crippen LogP contribution in [-0.2, 0) is 4.74 Å². The van der Waals surface area contributed by atoms with Gasteiger partial charge in [-0.1, -0.05) is 13.8 Å². The molecule has 1 fully saturated rings. The topological polar surface area (TPSA) is 61.5 Å². The fraction of sp³-hybridized carbons (Fsp3) is 0.562. The van der Waals surface area contributed by atoms with Gasteiger partial charge in [0.15, 0.2) is 0 Å². The van der Waals surface area contributed by atoms with E-state index >= 15 is 0 Å². The summed E-state index contributed by atoms with van der Waals surface area (Å²) in [6.07, 6.45) is 4.05. The normalized spacial score (nSPS) is 18.6. The molecule has 110 valence electrons. The SMILES string of the molecule is COc1cc(N)cc(C(=O)OC2CCC(C)(C)CC2)c1.